The van der Waals surface area contributed by atoms with Gasteiger partial charge in [-0.1, -0.05) is 13.8 Å². The normalized spacial score (nSPS) is 7.80. The van der Waals surface area contributed by atoms with Crippen LogP contribution in [-0.4, -0.2) is 0 Å². The Balaban J connectivity index is -0.0000000910. The average molecular weight is 166 g/mol. The van der Waals surface area contributed by atoms with Gasteiger partial charge in [-0.3, -0.25) is 0 Å². The summed E-state index contributed by atoms with van der Waals surface area (Å²) >= 11 is 0. The number of rotatable bonds is 2. The minimum atomic E-state index is 0. The summed E-state index contributed by atoms with van der Waals surface area (Å²) in [4.78, 5) is 0. The minimum absolute atomic E-state index is 0. The maximum absolute atomic E-state index is 3.64. The zero-order valence-corrected chi connectivity index (χ0v) is 10.9. The molecule has 0 aromatic carbocycles. The standard InChI is InChI=1S/C5H10.C4H9.K/c1-3-5-4-2;1-4(2)3;/h1-5H2;4H,1H2,2-3H3;/q-2;-1;+1. The molecule has 0 N–H and O–H groups in total. The summed E-state index contributed by atoms with van der Waals surface area (Å²) in [6.07, 6.45) is 3.23. The van der Waals surface area contributed by atoms with Crippen LogP contribution in [0.5, 0.6) is 0 Å². The van der Waals surface area contributed by atoms with Gasteiger partial charge in [-0.25, -0.2) is 0 Å². The summed E-state index contributed by atoms with van der Waals surface area (Å²) in [5.41, 5.74) is 0. The van der Waals surface area contributed by atoms with Crippen molar-refractivity contribution in [2.24, 2.45) is 5.92 Å². The van der Waals surface area contributed by atoms with Gasteiger partial charge >= 0.3 is 51.4 Å². The van der Waals surface area contributed by atoms with Gasteiger partial charge in [-0.15, -0.1) is 6.42 Å². The molecule has 0 nitrogen and oxygen atoms in total. The molecule has 0 heterocycles. The van der Waals surface area contributed by atoms with Gasteiger partial charge in [-0.2, -0.15) is 18.8 Å². The predicted octanol–water partition coefficient (Wildman–Crippen LogP) is 0.305. The second-order valence-corrected chi connectivity index (χ2v) is 2.45. The fraction of sp³-hybridized carbons (Fsp3) is 0.667. The molecule has 0 saturated carbocycles. The summed E-state index contributed by atoms with van der Waals surface area (Å²) in [6, 6.07) is 0. The van der Waals surface area contributed by atoms with E-state index in [9.17, 15) is 0 Å². The van der Waals surface area contributed by atoms with E-state index in [1.165, 1.54) is 6.42 Å². The molecule has 0 aliphatic carbocycles. The van der Waals surface area contributed by atoms with E-state index in [-0.39, 0.29) is 51.4 Å². The Kier molecular flexibility index (Phi) is 29.9. The van der Waals surface area contributed by atoms with Crippen LogP contribution in [0.4, 0.5) is 0 Å². The summed E-state index contributed by atoms with van der Waals surface area (Å²) in [7, 11) is 0. The van der Waals surface area contributed by atoms with Gasteiger partial charge in [0.1, 0.15) is 0 Å². The van der Waals surface area contributed by atoms with Crippen LogP contribution in [-0.2, 0) is 0 Å². The monoisotopic (exact) mass is 166 g/mol. The first-order valence-corrected chi connectivity index (χ1v) is 3.56. The quantitative estimate of drug-likeness (QED) is 0.409. The third-order valence-corrected chi connectivity index (χ3v) is 0.500. The molecule has 0 saturated heterocycles. The Morgan fingerprint density at radius 2 is 1.30 bits per heavy atom. The second-order valence-electron chi connectivity index (χ2n) is 2.45. The van der Waals surface area contributed by atoms with Crippen LogP contribution in [0.15, 0.2) is 0 Å². The van der Waals surface area contributed by atoms with Gasteiger partial charge in [0.2, 0.25) is 0 Å². The fourth-order valence-electron chi connectivity index (χ4n) is 0.177. The van der Waals surface area contributed by atoms with Crippen molar-refractivity contribution < 1.29 is 51.4 Å². The summed E-state index contributed by atoms with van der Waals surface area (Å²) in [6.45, 7) is 15.0. The Morgan fingerprint density at radius 1 is 1.10 bits per heavy atom. The Bertz CT molecular complexity index is 29.0. The van der Waals surface area contributed by atoms with E-state index in [0.29, 0.717) is 5.92 Å². The van der Waals surface area contributed by atoms with Crippen LogP contribution in [0.1, 0.15) is 33.1 Å². The smallest absolute Gasteiger partial charge is 0.343 e. The zero-order valence-electron chi connectivity index (χ0n) is 7.82. The molecule has 58 valence electrons. The van der Waals surface area contributed by atoms with E-state index < -0.39 is 0 Å². The molecular weight excluding hydrogens is 147 g/mol. The maximum atomic E-state index is 3.64. The summed E-state index contributed by atoms with van der Waals surface area (Å²) in [5.74, 6) is 0.583. The van der Waals surface area contributed by atoms with Crippen LogP contribution < -0.4 is 51.4 Å². The minimum Gasteiger partial charge on any atom is -0.343 e. The molecule has 0 fully saturated rings. The molecule has 0 atom stereocenters. The van der Waals surface area contributed by atoms with Crippen molar-refractivity contribution in [3.8, 4) is 0 Å². The van der Waals surface area contributed by atoms with Gasteiger partial charge in [-0.05, 0) is 0 Å². The molecule has 0 bridgehead atoms. The van der Waals surface area contributed by atoms with E-state index in [1.807, 2.05) is 0 Å². The van der Waals surface area contributed by atoms with Crippen molar-refractivity contribution in [1.29, 1.82) is 0 Å². The SMILES string of the molecule is [CH2-]C(C)C.[CH2-]CCC[CH2-].[K+]. The van der Waals surface area contributed by atoms with Crippen molar-refractivity contribution in [3.05, 3.63) is 20.8 Å². The maximum Gasteiger partial charge on any atom is 1.00 e. The first-order valence-electron chi connectivity index (χ1n) is 3.56. The molecule has 0 aromatic heterocycles. The Labute approximate surface area is 110 Å². The third kappa shape index (κ3) is 54.4. The molecule has 0 spiro atoms. The van der Waals surface area contributed by atoms with E-state index in [2.05, 4.69) is 34.6 Å². The fourth-order valence-corrected chi connectivity index (χ4v) is 0.177. The Morgan fingerprint density at radius 3 is 1.30 bits per heavy atom. The summed E-state index contributed by atoms with van der Waals surface area (Å²) in [5, 5.41) is 0. The molecule has 0 aromatic rings. The van der Waals surface area contributed by atoms with Crippen LogP contribution >= 0.6 is 0 Å². The molecule has 0 unspecified atom stereocenters. The average Bonchev–Trinajstić information content (AvgIpc) is 1.66. The molecular formula is C9H19K-2. The first-order chi connectivity index (χ1) is 4.15. The van der Waals surface area contributed by atoms with Gasteiger partial charge < -0.3 is 20.8 Å². The third-order valence-electron chi connectivity index (χ3n) is 0.500. The number of hydrogen-bond donors (Lipinski definition) is 0. The predicted molar refractivity (Wildman–Crippen MR) is 44.8 cm³/mol. The van der Waals surface area contributed by atoms with Crippen molar-refractivity contribution in [2.75, 3.05) is 0 Å². The van der Waals surface area contributed by atoms with E-state index in [4.69, 9.17) is 0 Å². The van der Waals surface area contributed by atoms with Crippen LogP contribution in [0.3, 0.4) is 0 Å². The molecule has 10 heavy (non-hydrogen) atoms. The molecule has 0 aliphatic heterocycles. The first kappa shape index (κ1) is 17.6. The number of hydrogen-bond acceptors (Lipinski definition) is 0. The van der Waals surface area contributed by atoms with Crippen molar-refractivity contribution in [2.45, 2.75) is 33.1 Å². The summed E-state index contributed by atoms with van der Waals surface area (Å²) < 4.78 is 0. The van der Waals surface area contributed by atoms with Crippen molar-refractivity contribution >= 4 is 0 Å². The van der Waals surface area contributed by atoms with Crippen LogP contribution in [0, 0.1) is 26.7 Å². The molecule has 0 radical (unpaired) electrons. The molecule has 0 aliphatic rings. The largest absolute Gasteiger partial charge is 1.00 e. The van der Waals surface area contributed by atoms with Gasteiger partial charge in [0.15, 0.2) is 0 Å². The second kappa shape index (κ2) is 16.9. The topological polar surface area (TPSA) is 0 Å². The van der Waals surface area contributed by atoms with E-state index >= 15 is 0 Å². The zero-order chi connectivity index (χ0) is 7.70. The van der Waals surface area contributed by atoms with Gasteiger partial charge in [0.05, 0.1) is 0 Å². The van der Waals surface area contributed by atoms with Gasteiger partial charge in [0, 0.05) is 0 Å². The van der Waals surface area contributed by atoms with Gasteiger partial charge in [0.25, 0.3) is 0 Å². The molecule has 0 amide bonds. The van der Waals surface area contributed by atoms with Crippen LogP contribution in [0.2, 0.25) is 0 Å². The van der Waals surface area contributed by atoms with Crippen molar-refractivity contribution in [1.82, 2.24) is 0 Å². The van der Waals surface area contributed by atoms with E-state index in [1.54, 1.807) is 0 Å². The molecule has 1 heteroatoms. The van der Waals surface area contributed by atoms with E-state index in [0.717, 1.165) is 12.8 Å². The Hall–Kier alpha value is 1.64. The van der Waals surface area contributed by atoms with Crippen molar-refractivity contribution in [3.63, 3.8) is 0 Å². The van der Waals surface area contributed by atoms with Crippen LogP contribution in [0.25, 0.3) is 0 Å². The number of unbranched alkanes of at least 4 members (excludes halogenated alkanes) is 2. The molecule has 0 rings (SSSR count).